The number of hydrogen-bond donors (Lipinski definition) is 1. The van der Waals surface area contributed by atoms with Gasteiger partial charge in [0.25, 0.3) is 0 Å². The third-order valence-electron chi connectivity index (χ3n) is 3.35. The van der Waals surface area contributed by atoms with Gasteiger partial charge in [0, 0.05) is 0 Å². The summed E-state index contributed by atoms with van der Waals surface area (Å²) >= 11 is 0. The number of rotatable bonds is 8. The number of hydrogen-bond acceptors (Lipinski definition) is 4. The monoisotopic (exact) mass is 341 g/mol. The fourth-order valence-corrected chi connectivity index (χ4v) is 2.70. The van der Waals surface area contributed by atoms with Crippen LogP contribution in [0.2, 0.25) is 0 Å². The molecule has 1 unspecified atom stereocenters. The zero-order valence-corrected chi connectivity index (χ0v) is 15.3. The molecule has 130 valence electrons. The molecule has 1 N–H and O–H groups in total. The third-order valence-corrected chi connectivity index (χ3v) is 4.98. The van der Waals surface area contributed by atoms with Crippen molar-refractivity contribution in [3.8, 4) is 0 Å². The van der Waals surface area contributed by atoms with E-state index < -0.39 is 15.7 Å². The fraction of sp³-hybridized carbons (Fsp3) is 0.588. The Morgan fingerprint density at radius 1 is 1.26 bits per heavy atom. The number of methoxy groups -OCH3 is 1. The number of carbonyl (C=O) groups excluding carboxylic acids is 1. The predicted octanol–water partition coefficient (Wildman–Crippen LogP) is 2.58. The fourth-order valence-electron chi connectivity index (χ4n) is 1.80. The summed E-state index contributed by atoms with van der Waals surface area (Å²) in [6, 6.07) is 9.41. The lowest BCUT2D eigenvalue weighted by Crippen LogP contribution is -2.46. The third kappa shape index (κ3) is 7.24. The molecule has 0 heterocycles. The molecule has 6 heteroatoms. The Morgan fingerprint density at radius 2 is 1.87 bits per heavy atom. The van der Waals surface area contributed by atoms with Crippen molar-refractivity contribution in [1.82, 2.24) is 4.72 Å². The first-order chi connectivity index (χ1) is 10.7. The van der Waals surface area contributed by atoms with Crippen molar-refractivity contribution in [2.45, 2.75) is 57.6 Å². The molecule has 0 fully saturated rings. The van der Waals surface area contributed by atoms with Crippen LogP contribution in [-0.4, -0.2) is 34.2 Å². The highest BCUT2D eigenvalue weighted by Crippen LogP contribution is 2.14. The summed E-state index contributed by atoms with van der Waals surface area (Å²) in [4.78, 5) is 11.6. The first kappa shape index (κ1) is 19.8. The van der Waals surface area contributed by atoms with Crippen LogP contribution in [0.5, 0.6) is 0 Å². The SMILES string of the molecule is COC(=O)C[C@@H](NS(=O)C(C)(C)C)[C@H](C)OCc1ccccc1. The average molecular weight is 341 g/mol. The number of carbonyl (C=O) groups is 1. The topological polar surface area (TPSA) is 64.6 Å². The Labute approximate surface area is 141 Å². The molecule has 3 atom stereocenters. The van der Waals surface area contributed by atoms with Crippen molar-refractivity contribution in [1.29, 1.82) is 0 Å². The van der Waals surface area contributed by atoms with Gasteiger partial charge in [-0.1, -0.05) is 30.3 Å². The highest BCUT2D eigenvalue weighted by atomic mass is 32.2. The van der Waals surface area contributed by atoms with Gasteiger partial charge in [0.05, 0.1) is 48.0 Å². The van der Waals surface area contributed by atoms with Crippen LogP contribution in [0.25, 0.3) is 0 Å². The van der Waals surface area contributed by atoms with E-state index in [1.54, 1.807) is 0 Å². The minimum Gasteiger partial charge on any atom is -0.469 e. The van der Waals surface area contributed by atoms with Crippen LogP contribution in [0.4, 0.5) is 0 Å². The maximum absolute atomic E-state index is 12.3. The lowest BCUT2D eigenvalue weighted by atomic mass is 10.1. The molecule has 0 aliphatic carbocycles. The second kappa shape index (κ2) is 9.15. The molecule has 5 nitrogen and oxygen atoms in total. The Kier molecular flexibility index (Phi) is 7.88. The second-order valence-electron chi connectivity index (χ2n) is 6.39. The molecule has 0 aromatic heterocycles. The van der Waals surface area contributed by atoms with E-state index in [-0.39, 0.29) is 24.5 Å². The molecule has 0 amide bonds. The minimum absolute atomic E-state index is 0.105. The Morgan fingerprint density at radius 3 is 2.39 bits per heavy atom. The van der Waals surface area contributed by atoms with Gasteiger partial charge in [-0.15, -0.1) is 0 Å². The lowest BCUT2D eigenvalue weighted by molar-refractivity contribution is -0.142. The van der Waals surface area contributed by atoms with E-state index in [1.807, 2.05) is 58.0 Å². The van der Waals surface area contributed by atoms with E-state index in [0.29, 0.717) is 6.61 Å². The molecule has 0 bridgehead atoms. The Hall–Kier alpha value is -1.24. The van der Waals surface area contributed by atoms with E-state index in [9.17, 15) is 9.00 Å². The van der Waals surface area contributed by atoms with Crippen LogP contribution in [0, 0.1) is 0 Å². The van der Waals surface area contributed by atoms with Crippen molar-refractivity contribution in [3.05, 3.63) is 35.9 Å². The highest BCUT2D eigenvalue weighted by molar-refractivity contribution is 7.84. The van der Waals surface area contributed by atoms with Gasteiger partial charge in [-0.3, -0.25) is 4.79 Å². The maximum atomic E-state index is 12.3. The summed E-state index contributed by atoms with van der Waals surface area (Å²) in [5.41, 5.74) is 1.05. The summed E-state index contributed by atoms with van der Waals surface area (Å²) in [6.45, 7) is 7.93. The second-order valence-corrected chi connectivity index (χ2v) is 8.39. The van der Waals surface area contributed by atoms with Crippen LogP contribution >= 0.6 is 0 Å². The van der Waals surface area contributed by atoms with Gasteiger partial charge in [-0.05, 0) is 33.3 Å². The van der Waals surface area contributed by atoms with Crippen LogP contribution in [0.1, 0.15) is 39.7 Å². The van der Waals surface area contributed by atoms with Gasteiger partial charge in [-0.2, -0.15) is 0 Å². The van der Waals surface area contributed by atoms with Gasteiger partial charge in [0.1, 0.15) is 0 Å². The summed E-state index contributed by atoms with van der Waals surface area (Å²) in [5, 5.41) is 0. The minimum atomic E-state index is -1.29. The van der Waals surface area contributed by atoms with E-state index in [1.165, 1.54) is 7.11 Å². The number of nitrogens with one attached hydrogen (secondary N) is 1. The molecule has 0 saturated carbocycles. The molecule has 23 heavy (non-hydrogen) atoms. The van der Waals surface area contributed by atoms with Crippen molar-refractivity contribution in [3.63, 3.8) is 0 Å². The molecular weight excluding hydrogens is 314 g/mol. The Balaban J connectivity index is 2.69. The van der Waals surface area contributed by atoms with Crippen molar-refractivity contribution < 1.29 is 18.5 Å². The van der Waals surface area contributed by atoms with E-state index in [0.717, 1.165) is 5.56 Å². The van der Waals surface area contributed by atoms with Gasteiger partial charge in [-0.25, -0.2) is 8.93 Å². The Bertz CT molecular complexity index is 513. The van der Waals surface area contributed by atoms with Gasteiger partial charge >= 0.3 is 5.97 Å². The first-order valence-corrected chi connectivity index (χ1v) is 8.79. The van der Waals surface area contributed by atoms with E-state index in [4.69, 9.17) is 9.47 Å². The summed E-state index contributed by atoms with van der Waals surface area (Å²) in [5.74, 6) is -0.358. The average Bonchev–Trinajstić information content (AvgIpc) is 2.51. The quantitative estimate of drug-likeness (QED) is 0.738. The van der Waals surface area contributed by atoms with Crippen LogP contribution < -0.4 is 4.72 Å². The van der Waals surface area contributed by atoms with Gasteiger partial charge < -0.3 is 9.47 Å². The summed E-state index contributed by atoms with van der Waals surface area (Å²) in [7, 11) is 0.0506. The standard InChI is InChI=1S/C17H27NO4S/c1-13(22-12-14-9-7-6-8-10-14)15(11-16(19)21-5)18-23(20)17(2,3)4/h6-10,13,15,18H,11-12H2,1-5H3/t13-,15+,23?/m0/s1. The van der Waals surface area contributed by atoms with Crippen molar-refractivity contribution >= 4 is 17.0 Å². The molecular formula is C17H27NO4S. The summed E-state index contributed by atoms with van der Waals surface area (Å²) < 4.78 is 25.5. The molecule has 1 aromatic carbocycles. The highest BCUT2D eigenvalue weighted by Gasteiger charge is 2.28. The number of benzene rings is 1. The smallest absolute Gasteiger partial charge is 0.307 e. The first-order valence-electron chi connectivity index (χ1n) is 7.64. The number of ether oxygens (including phenoxy) is 2. The van der Waals surface area contributed by atoms with Gasteiger partial charge in [0.2, 0.25) is 0 Å². The van der Waals surface area contributed by atoms with Crippen molar-refractivity contribution in [2.75, 3.05) is 7.11 Å². The number of esters is 1. The van der Waals surface area contributed by atoms with Gasteiger partial charge in [0.15, 0.2) is 0 Å². The maximum Gasteiger partial charge on any atom is 0.307 e. The molecule has 0 spiro atoms. The molecule has 0 radical (unpaired) electrons. The zero-order valence-electron chi connectivity index (χ0n) is 14.5. The van der Waals surface area contributed by atoms with Crippen LogP contribution in [0.15, 0.2) is 30.3 Å². The van der Waals surface area contributed by atoms with E-state index in [2.05, 4.69) is 4.72 Å². The van der Waals surface area contributed by atoms with E-state index >= 15 is 0 Å². The van der Waals surface area contributed by atoms with Crippen molar-refractivity contribution in [2.24, 2.45) is 0 Å². The predicted molar refractivity (Wildman–Crippen MR) is 92.1 cm³/mol. The normalized spacial score (nSPS) is 15.7. The molecule has 0 aliphatic rings. The zero-order chi connectivity index (χ0) is 17.5. The van der Waals surface area contributed by atoms with Crippen LogP contribution in [0.3, 0.4) is 0 Å². The molecule has 0 aliphatic heterocycles. The molecule has 1 rings (SSSR count). The lowest BCUT2D eigenvalue weighted by Gasteiger charge is -2.28. The largest absolute Gasteiger partial charge is 0.469 e. The molecule has 0 saturated heterocycles. The molecule has 1 aromatic rings. The summed E-state index contributed by atoms with van der Waals surface area (Å²) in [6.07, 6.45) is -0.186. The van der Waals surface area contributed by atoms with Crippen LogP contribution in [-0.2, 0) is 31.9 Å².